The van der Waals surface area contributed by atoms with Crippen molar-refractivity contribution < 1.29 is 0 Å². The van der Waals surface area contributed by atoms with Gasteiger partial charge in [0.15, 0.2) is 5.65 Å². The zero-order valence-corrected chi connectivity index (χ0v) is 12.8. The number of rotatable bonds is 3. The number of hydrogen-bond acceptors (Lipinski definition) is 3. The Kier molecular flexibility index (Phi) is 3.57. The SMILES string of the molecule is CCSc1ccc(-c2ccc3nc(Br)cn3n2)cc1. The summed E-state index contributed by atoms with van der Waals surface area (Å²) in [5, 5.41) is 4.56. The van der Waals surface area contributed by atoms with Gasteiger partial charge in [-0.2, -0.15) is 5.10 Å². The minimum atomic E-state index is 0.798. The standard InChI is InChI=1S/C14H12BrN3S/c1-2-19-11-5-3-10(4-6-11)12-7-8-14-16-13(15)9-18(14)17-12/h3-9H,2H2,1H3. The van der Waals surface area contributed by atoms with E-state index in [2.05, 4.69) is 57.2 Å². The van der Waals surface area contributed by atoms with Crippen molar-refractivity contribution in [3.05, 3.63) is 47.2 Å². The molecule has 2 heterocycles. The maximum absolute atomic E-state index is 4.56. The molecular formula is C14H12BrN3S. The lowest BCUT2D eigenvalue weighted by atomic mass is 10.1. The van der Waals surface area contributed by atoms with Gasteiger partial charge in [0.2, 0.25) is 0 Å². The van der Waals surface area contributed by atoms with E-state index in [1.54, 1.807) is 4.52 Å². The molecule has 3 rings (SSSR count). The van der Waals surface area contributed by atoms with Crippen molar-refractivity contribution in [1.82, 2.24) is 14.6 Å². The van der Waals surface area contributed by atoms with E-state index in [1.165, 1.54) is 4.90 Å². The van der Waals surface area contributed by atoms with Gasteiger partial charge in [0.25, 0.3) is 0 Å². The monoisotopic (exact) mass is 333 g/mol. The fourth-order valence-electron chi connectivity index (χ4n) is 1.90. The first-order chi connectivity index (χ1) is 9.26. The van der Waals surface area contributed by atoms with Gasteiger partial charge < -0.3 is 0 Å². The number of thioether (sulfide) groups is 1. The van der Waals surface area contributed by atoms with Gasteiger partial charge in [-0.15, -0.1) is 11.8 Å². The molecule has 0 aliphatic heterocycles. The highest BCUT2D eigenvalue weighted by Gasteiger charge is 2.04. The molecule has 0 bridgehead atoms. The summed E-state index contributed by atoms with van der Waals surface area (Å²) in [5.41, 5.74) is 2.91. The quantitative estimate of drug-likeness (QED) is 0.670. The Labute approximate surface area is 124 Å². The van der Waals surface area contributed by atoms with Crippen molar-refractivity contribution in [3.63, 3.8) is 0 Å². The number of imidazole rings is 1. The first-order valence-electron chi connectivity index (χ1n) is 6.01. The summed E-state index contributed by atoms with van der Waals surface area (Å²) in [6.45, 7) is 2.16. The fourth-order valence-corrected chi connectivity index (χ4v) is 2.93. The third-order valence-corrected chi connectivity index (χ3v) is 4.03. The van der Waals surface area contributed by atoms with Crippen LogP contribution >= 0.6 is 27.7 Å². The van der Waals surface area contributed by atoms with E-state index in [1.807, 2.05) is 30.1 Å². The van der Waals surface area contributed by atoms with Gasteiger partial charge in [0.1, 0.15) is 4.60 Å². The third-order valence-electron chi connectivity index (χ3n) is 2.75. The van der Waals surface area contributed by atoms with Gasteiger partial charge in [0.05, 0.1) is 11.9 Å². The number of hydrogen-bond donors (Lipinski definition) is 0. The molecule has 1 aromatic carbocycles. The molecule has 3 aromatic rings. The van der Waals surface area contributed by atoms with Gasteiger partial charge in [-0.1, -0.05) is 19.1 Å². The minimum Gasteiger partial charge on any atom is -0.220 e. The van der Waals surface area contributed by atoms with Crippen LogP contribution in [0.2, 0.25) is 0 Å². The molecule has 0 aliphatic carbocycles. The van der Waals surface area contributed by atoms with Crippen molar-refractivity contribution in [2.24, 2.45) is 0 Å². The Morgan fingerprint density at radius 3 is 2.68 bits per heavy atom. The first kappa shape index (κ1) is 12.7. The van der Waals surface area contributed by atoms with Gasteiger partial charge in [-0.3, -0.25) is 0 Å². The zero-order valence-electron chi connectivity index (χ0n) is 10.4. The predicted molar refractivity (Wildman–Crippen MR) is 82.5 cm³/mol. The number of fused-ring (bicyclic) bond motifs is 1. The minimum absolute atomic E-state index is 0.798. The molecule has 0 unspecified atom stereocenters. The maximum atomic E-state index is 4.56. The van der Waals surface area contributed by atoms with E-state index in [4.69, 9.17) is 0 Å². The summed E-state index contributed by atoms with van der Waals surface area (Å²) in [6.07, 6.45) is 1.86. The summed E-state index contributed by atoms with van der Waals surface area (Å²) in [5.74, 6) is 1.09. The lowest BCUT2D eigenvalue weighted by Gasteiger charge is -2.03. The number of nitrogens with zero attached hydrogens (tertiary/aromatic N) is 3. The molecule has 0 spiro atoms. The van der Waals surface area contributed by atoms with Gasteiger partial charge in [-0.25, -0.2) is 9.50 Å². The Balaban J connectivity index is 1.98. The molecule has 2 aromatic heterocycles. The summed E-state index contributed by atoms with van der Waals surface area (Å²) < 4.78 is 2.58. The normalized spacial score (nSPS) is 11.1. The summed E-state index contributed by atoms with van der Waals surface area (Å²) >= 11 is 5.20. The van der Waals surface area contributed by atoms with Crippen molar-refractivity contribution in [3.8, 4) is 11.3 Å². The summed E-state index contributed by atoms with van der Waals surface area (Å²) in [4.78, 5) is 5.59. The van der Waals surface area contributed by atoms with Crippen LogP contribution in [0.5, 0.6) is 0 Å². The van der Waals surface area contributed by atoms with Gasteiger partial charge in [0, 0.05) is 10.5 Å². The first-order valence-corrected chi connectivity index (χ1v) is 7.79. The zero-order chi connectivity index (χ0) is 13.2. The lowest BCUT2D eigenvalue weighted by Crippen LogP contribution is -1.92. The Bertz CT molecular complexity index is 706. The summed E-state index contributed by atoms with van der Waals surface area (Å²) in [7, 11) is 0. The van der Waals surface area contributed by atoms with Crippen molar-refractivity contribution >= 4 is 33.3 Å². The molecule has 0 fully saturated rings. The van der Waals surface area contributed by atoms with Crippen LogP contribution in [0.15, 0.2) is 52.1 Å². The molecule has 0 saturated carbocycles. The van der Waals surface area contributed by atoms with Crippen LogP contribution in [0.1, 0.15) is 6.92 Å². The second kappa shape index (κ2) is 5.35. The Hall–Kier alpha value is -1.33. The van der Waals surface area contributed by atoms with Gasteiger partial charge >= 0.3 is 0 Å². The second-order valence-electron chi connectivity index (χ2n) is 4.04. The average Bonchev–Trinajstić information content (AvgIpc) is 2.79. The van der Waals surface area contributed by atoms with Crippen molar-refractivity contribution in [1.29, 1.82) is 0 Å². The predicted octanol–water partition coefficient (Wildman–Crippen LogP) is 4.27. The molecule has 5 heteroatoms. The smallest absolute Gasteiger partial charge is 0.154 e. The summed E-state index contributed by atoms with van der Waals surface area (Å²) in [6, 6.07) is 12.5. The molecule has 0 radical (unpaired) electrons. The van der Waals surface area contributed by atoms with E-state index < -0.39 is 0 Å². The molecule has 0 amide bonds. The number of benzene rings is 1. The number of halogens is 1. The van der Waals surface area contributed by atoms with Crippen LogP contribution in [0.3, 0.4) is 0 Å². The van der Waals surface area contributed by atoms with E-state index in [-0.39, 0.29) is 0 Å². The highest BCUT2D eigenvalue weighted by Crippen LogP contribution is 2.23. The lowest BCUT2D eigenvalue weighted by molar-refractivity contribution is 0.941. The van der Waals surface area contributed by atoms with Crippen LogP contribution < -0.4 is 0 Å². The molecular weight excluding hydrogens is 322 g/mol. The molecule has 0 saturated heterocycles. The maximum Gasteiger partial charge on any atom is 0.154 e. The fraction of sp³-hybridized carbons (Fsp3) is 0.143. The molecule has 19 heavy (non-hydrogen) atoms. The van der Waals surface area contributed by atoms with E-state index >= 15 is 0 Å². The molecule has 3 nitrogen and oxygen atoms in total. The van der Waals surface area contributed by atoms with E-state index in [0.29, 0.717) is 0 Å². The van der Waals surface area contributed by atoms with Crippen LogP contribution in [0.4, 0.5) is 0 Å². The second-order valence-corrected chi connectivity index (χ2v) is 6.19. The topological polar surface area (TPSA) is 30.2 Å². The third kappa shape index (κ3) is 2.67. The Morgan fingerprint density at radius 2 is 1.95 bits per heavy atom. The van der Waals surface area contributed by atoms with E-state index in [9.17, 15) is 0 Å². The largest absolute Gasteiger partial charge is 0.220 e. The molecule has 0 N–H and O–H groups in total. The van der Waals surface area contributed by atoms with Crippen LogP contribution in [0, 0.1) is 0 Å². The average molecular weight is 334 g/mol. The highest BCUT2D eigenvalue weighted by molar-refractivity contribution is 9.10. The Morgan fingerprint density at radius 1 is 1.16 bits per heavy atom. The van der Waals surface area contributed by atoms with Crippen molar-refractivity contribution in [2.75, 3.05) is 5.75 Å². The van der Waals surface area contributed by atoms with Gasteiger partial charge in [-0.05, 0) is 45.9 Å². The molecule has 96 valence electrons. The van der Waals surface area contributed by atoms with Crippen LogP contribution in [0.25, 0.3) is 16.9 Å². The highest BCUT2D eigenvalue weighted by atomic mass is 79.9. The van der Waals surface area contributed by atoms with E-state index in [0.717, 1.165) is 27.3 Å². The number of aromatic nitrogens is 3. The van der Waals surface area contributed by atoms with Crippen LogP contribution in [-0.4, -0.2) is 20.4 Å². The van der Waals surface area contributed by atoms with Crippen LogP contribution in [-0.2, 0) is 0 Å². The molecule has 0 aliphatic rings. The molecule has 0 atom stereocenters. The van der Waals surface area contributed by atoms with Crippen molar-refractivity contribution in [2.45, 2.75) is 11.8 Å².